The Balaban J connectivity index is 1.18. The molecule has 2 aromatic rings. The van der Waals surface area contributed by atoms with Crippen LogP contribution in [0.1, 0.15) is 12.5 Å². The fourth-order valence-corrected chi connectivity index (χ4v) is 5.26. The van der Waals surface area contributed by atoms with E-state index in [0.717, 1.165) is 23.0 Å². The topological polar surface area (TPSA) is 111 Å². The van der Waals surface area contributed by atoms with Crippen LogP contribution in [-0.2, 0) is 14.3 Å². The van der Waals surface area contributed by atoms with Gasteiger partial charge in [0.1, 0.15) is 11.9 Å². The monoisotopic (exact) mass is 539 g/mol. The van der Waals surface area contributed by atoms with E-state index < -0.39 is 18.0 Å². The van der Waals surface area contributed by atoms with Crippen LogP contribution in [-0.4, -0.2) is 68.5 Å². The molecule has 0 aliphatic carbocycles. The van der Waals surface area contributed by atoms with E-state index in [-0.39, 0.29) is 30.1 Å². The lowest BCUT2D eigenvalue weighted by Crippen LogP contribution is -2.46. The van der Waals surface area contributed by atoms with E-state index >= 15 is 4.39 Å². The van der Waals surface area contributed by atoms with Crippen molar-refractivity contribution in [2.24, 2.45) is 0 Å². The number of carbonyl (C=O) groups excluding carboxylic acids is 4. The van der Waals surface area contributed by atoms with Crippen LogP contribution in [0.25, 0.3) is 6.08 Å². The van der Waals surface area contributed by atoms with E-state index in [4.69, 9.17) is 4.74 Å². The second kappa shape index (κ2) is 10.7. The lowest BCUT2D eigenvalue weighted by atomic mass is 10.1. The van der Waals surface area contributed by atoms with Crippen LogP contribution in [0.15, 0.2) is 47.4 Å². The van der Waals surface area contributed by atoms with Crippen LogP contribution in [0, 0.1) is 5.82 Å². The van der Waals surface area contributed by atoms with Gasteiger partial charge in [0.2, 0.25) is 5.91 Å². The minimum absolute atomic E-state index is 0.208. The third-order valence-electron chi connectivity index (χ3n) is 6.51. The van der Waals surface area contributed by atoms with Crippen molar-refractivity contribution in [1.82, 2.24) is 10.6 Å². The molecule has 3 fully saturated rings. The molecule has 3 aliphatic rings. The number of imide groups is 1. The summed E-state index contributed by atoms with van der Waals surface area (Å²) in [6.45, 7) is 4.45. The Morgan fingerprint density at radius 3 is 2.39 bits per heavy atom. The summed E-state index contributed by atoms with van der Waals surface area (Å²) in [6, 6.07) is 12.4. The number of anilines is 3. The standard InChI is InChI=1S/C26H26FN5O5S/c1-16(33)28-14-20-15-32(26(36)37-20)19-6-7-22(21(27)13-19)31-10-8-30(9-11-31)18-4-2-17(3-5-18)12-23-24(34)29-25(35)38-23/h2-7,12-13,20H,8-11,14-15H2,1H3,(H,28,33)(H,29,34,35)/b23-12+/t20-/m0/s1. The molecule has 0 unspecified atom stereocenters. The number of hydrogen-bond acceptors (Lipinski definition) is 8. The van der Waals surface area contributed by atoms with Gasteiger partial charge in [-0.05, 0) is 53.7 Å². The third kappa shape index (κ3) is 5.59. The molecule has 0 radical (unpaired) electrons. The summed E-state index contributed by atoms with van der Waals surface area (Å²) in [5, 5.41) is 4.50. The second-order valence-electron chi connectivity index (χ2n) is 9.11. The minimum Gasteiger partial charge on any atom is -0.442 e. The Morgan fingerprint density at radius 1 is 1.08 bits per heavy atom. The van der Waals surface area contributed by atoms with Crippen LogP contribution >= 0.6 is 11.8 Å². The number of hydrogen-bond donors (Lipinski definition) is 2. The van der Waals surface area contributed by atoms with Gasteiger partial charge in [0.05, 0.1) is 29.4 Å². The number of rotatable bonds is 6. The summed E-state index contributed by atoms with van der Waals surface area (Å²) < 4.78 is 20.4. The molecular weight excluding hydrogens is 513 g/mol. The number of cyclic esters (lactones) is 1. The number of amides is 4. The van der Waals surface area contributed by atoms with Crippen LogP contribution in [0.4, 0.5) is 31.0 Å². The zero-order valence-electron chi connectivity index (χ0n) is 20.6. The zero-order valence-corrected chi connectivity index (χ0v) is 21.4. The molecule has 3 heterocycles. The average Bonchev–Trinajstić information content (AvgIpc) is 3.43. The smallest absolute Gasteiger partial charge is 0.414 e. The van der Waals surface area contributed by atoms with Crippen molar-refractivity contribution in [2.45, 2.75) is 13.0 Å². The van der Waals surface area contributed by atoms with Crippen LogP contribution in [0.2, 0.25) is 0 Å². The van der Waals surface area contributed by atoms with Gasteiger partial charge in [-0.25, -0.2) is 9.18 Å². The summed E-state index contributed by atoms with van der Waals surface area (Å²) >= 11 is 0.887. The summed E-state index contributed by atoms with van der Waals surface area (Å²) in [4.78, 5) is 52.3. The number of piperazine rings is 1. The lowest BCUT2D eigenvalue weighted by molar-refractivity contribution is -0.119. The van der Waals surface area contributed by atoms with Crippen molar-refractivity contribution >= 4 is 58.0 Å². The second-order valence-corrected chi connectivity index (χ2v) is 10.1. The fraction of sp³-hybridized carbons (Fsp3) is 0.308. The van der Waals surface area contributed by atoms with Crippen LogP contribution < -0.4 is 25.3 Å². The van der Waals surface area contributed by atoms with Gasteiger partial charge in [-0.1, -0.05) is 12.1 Å². The first kappa shape index (κ1) is 25.6. The van der Waals surface area contributed by atoms with Gasteiger partial charge in [-0.15, -0.1) is 0 Å². The molecule has 38 heavy (non-hydrogen) atoms. The number of halogens is 1. The van der Waals surface area contributed by atoms with E-state index in [0.29, 0.717) is 42.5 Å². The molecule has 0 saturated carbocycles. The Bertz CT molecular complexity index is 1310. The highest BCUT2D eigenvalue weighted by molar-refractivity contribution is 8.18. The highest BCUT2D eigenvalue weighted by Gasteiger charge is 2.33. The normalized spacial score (nSPS) is 20.7. The van der Waals surface area contributed by atoms with E-state index in [9.17, 15) is 19.2 Å². The number of ether oxygens (including phenoxy) is 1. The molecule has 2 aromatic carbocycles. The predicted octanol–water partition coefficient (Wildman–Crippen LogP) is 2.94. The molecular formula is C26H26FN5O5S. The molecule has 0 aromatic heterocycles. The molecule has 5 rings (SSSR count). The van der Waals surface area contributed by atoms with Crippen molar-refractivity contribution in [1.29, 1.82) is 0 Å². The van der Waals surface area contributed by atoms with Gasteiger partial charge in [-0.2, -0.15) is 0 Å². The molecule has 2 N–H and O–H groups in total. The molecule has 4 amide bonds. The third-order valence-corrected chi connectivity index (χ3v) is 7.32. The largest absolute Gasteiger partial charge is 0.442 e. The minimum atomic E-state index is -0.568. The molecule has 3 saturated heterocycles. The summed E-state index contributed by atoms with van der Waals surface area (Å²) in [7, 11) is 0. The van der Waals surface area contributed by atoms with Gasteiger partial charge in [0.15, 0.2) is 0 Å². The summed E-state index contributed by atoms with van der Waals surface area (Å²) in [5.74, 6) is -1.01. The van der Waals surface area contributed by atoms with E-state index in [1.807, 2.05) is 29.2 Å². The number of nitrogens with zero attached hydrogens (tertiary/aromatic N) is 3. The lowest BCUT2D eigenvalue weighted by Gasteiger charge is -2.37. The van der Waals surface area contributed by atoms with Gasteiger partial charge < -0.3 is 19.9 Å². The average molecular weight is 540 g/mol. The van der Waals surface area contributed by atoms with E-state index in [1.165, 1.54) is 17.9 Å². The highest BCUT2D eigenvalue weighted by Crippen LogP contribution is 2.30. The molecule has 12 heteroatoms. The summed E-state index contributed by atoms with van der Waals surface area (Å²) in [5.41, 5.74) is 2.72. The van der Waals surface area contributed by atoms with Crippen molar-refractivity contribution in [3.63, 3.8) is 0 Å². The van der Waals surface area contributed by atoms with E-state index in [2.05, 4.69) is 15.5 Å². The maximum absolute atomic E-state index is 15.1. The maximum atomic E-state index is 15.1. The Labute approximate surface area is 222 Å². The Hall–Kier alpha value is -4.06. The number of benzene rings is 2. The molecule has 0 spiro atoms. The first-order valence-corrected chi connectivity index (χ1v) is 13.0. The molecule has 3 aliphatic heterocycles. The molecule has 1 atom stereocenters. The number of nitrogens with one attached hydrogen (secondary N) is 2. The van der Waals surface area contributed by atoms with Crippen molar-refractivity contribution < 1.29 is 28.3 Å². The SMILES string of the molecule is CC(=O)NC[C@H]1CN(c2ccc(N3CCN(c4ccc(/C=C5/SC(=O)NC5=O)cc4)CC3)c(F)c2)C(=O)O1. The predicted molar refractivity (Wildman–Crippen MR) is 143 cm³/mol. The Morgan fingerprint density at radius 2 is 1.76 bits per heavy atom. The van der Waals surface area contributed by atoms with Crippen molar-refractivity contribution in [2.75, 3.05) is 54.0 Å². The van der Waals surface area contributed by atoms with Gasteiger partial charge in [-0.3, -0.25) is 24.6 Å². The quantitative estimate of drug-likeness (QED) is 0.539. The number of carbonyl (C=O) groups is 4. The van der Waals surface area contributed by atoms with Gasteiger partial charge >= 0.3 is 6.09 Å². The number of thioether (sulfide) groups is 1. The van der Waals surface area contributed by atoms with Crippen LogP contribution in [0.5, 0.6) is 0 Å². The van der Waals surface area contributed by atoms with Gasteiger partial charge in [0, 0.05) is 38.8 Å². The fourth-order valence-electron chi connectivity index (χ4n) is 4.58. The molecule has 10 nitrogen and oxygen atoms in total. The van der Waals surface area contributed by atoms with Gasteiger partial charge in [0.25, 0.3) is 11.1 Å². The van der Waals surface area contributed by atoms with E-state index in [1.54, 1.807) is 18.2 Å². The van der Waals surface area contributed by atoms with Crippen molar-refractivity contribution in [3.8, 4) is 0 Å². The zero-order chi connectivity index (χ0) is 26.8. The first-order valence-electron chi connectivity index (χ1n) is 12.1. The maximum Gasteiger partial charge on any atom is 0.414 e. The summed E-state index contributed by atoms with van der Waals surface area (Å²) in [6.07, 6.45) is 0.629. The van der Waals surface area contributed by atoms with Crippen molar-refractivity contribution in [3.05, 3.63) is 58.8 Å². The van der Waals surface area contributed by atoms with Crippen LogP contribution in [0.3, 0.4) is 0 Å². The molecule has 198 valence electrons. The molecule has 0 bridgehead atoms. The first-order chi connectivity index (χ1) is 18.3. The highest BCUT2D eigenvalue weighted by atomic mass is 32.2. The Kier molecular flexibility index (Phi) is 7.23.